The maximum Gasteiger partial charge on any atom is 0.146 e. The third kappa shape index (κ3) is 4.70. The monoisotopic (exact) mass is 301 g/mol. The molecule has 0 radical (unpaired) electrons. The van der Waals surface area contributed by atoms with Crippen LogP contribution in [0, 0.1) is 5.82 Å². The molecule has 0 saturated heterocycles. The second kappa shape index (κ2) is 8.57. The molecule has 5 heteroatoms. The van der Waals surface area contributed by atoms with Crippen LogP contribution in [0.15, 0.2) is 18.2 Å². The first kappa shape index (κ1) is 17.4. The first-order valence-corrected chi connectivity index (χ1v) is 7.41. The van der Waals surface area contributed by atoms with E-state index >= 15 is 0 Å². The van der Waals surface area contributed by atoms with E-state index in [0.717, 1.165) is 26.1 Å². The Balaban J connectivity index is 2.83. The second-order valence-corrected chi connectivity index (χ2v) is 5.59. The van der Waals surface area contributed by atoms with E-state index in [1.54, 1.807) is 18.2 Å². The third-order valence-electron chi connectivity index (χ3n) is 3.46. The average Bonchev–Trinajstić information content (AvgIpc) is 2.41. The first-order chi connectivity index (χ1) is 9.51. The van der Waals surface area contributed by atoms with Crippen LogP contribution in [-0.4, -0.2) is 50.1 Å². The molecule has 2 N–H and O–H groups in total. The molecule has 0 bridgehead atoms. The molecule has 1 unspecified atom stereocenters. The summed E-state index contributed by atoms with van der Waals surface area (Å²) in [4.78, 5) is 4.35. The van der Waals surface area contributed by atoms with Gasteiger partial charge in [0.25, 0.3) is 0 Å². The van der Waals surface area contributed by atoms with Crippen molar-refractivity contribution in [2.45, 2.75) is 19.4 Å². The Hall–Kier alpha value is -0.680. The van der Waals surface area contributed by atoms with Crippen molar-refractivity contribution < 1.29 is 4.39 Å². The minimum absolute atomic E-state index is 0.124. The highest BCUT2D eigenvalue weighted by Crippen LogP contribution is 2.26. The van der Waals surface area contributed by atoms with Crippen LogP contribution in [0.3, 0.4) is 0 Å². The van der Waals surface area contributed by atoms with Crippen LogP contribution in [0.4, 0.5) is 4.39 Å². The molecule has 1 rings (SSSR count). The van der Waals surface area contributed by atoms with Crippen LogP contribution in [0.25, 0.3) is 0 Å². The number of hydrogen-bond donors (Lipinski definition) is 1. The van der Waals surface area contributed by atoms with Gasteiger partial charge in [-0.1, -0.05) is 30.7 Å². The highest BCUT2D eigenvalue weighted by atomic mass is 35.5. The number of rotatable bonds is 8. The van der Waals surface area contributed by atoms with Gasteiger partial charge in [-0.15, -0.1) is 0 Å². The van der Waals surface area contributed by atoms with Crippen LogP contribution >= 0.6 is 11.6 Å². The molecular formula is C15H25ClFN3. The van der Waals surface area contributed by atoms with Gasteiger partial charge < -0.3 is 10.6 Å². The fraction of sp³-hybridized carbons (Fsp3) is 0.600. The van der Waals surface area contributed by atoms with Gasteiger partial charge in [0.05, 0.1) is 5.02 Å². The Morgan fingerprint density at radius 3 is 2.55 bits per heavy atom. The minimum Gasteiger partial charge on any atom is -0.329 e. The van der Waals surface area contributed by atoms with E-state index in [4.69, 9.17) is 17.3 Å². The number of nitrogens with zero attached hydrogens (tertiary/aromatic N) is 2. The average molecular weight is 302 g/mol. The largest absolute Gasteiger partial charge is 0.329 e. The Bertz CT molecular complexity index is 412. The maximum atomic E-state index is 14.2. The van der Waals surface area contributed by atoms with Gasteiger partial charge in [-0.2, -0.15) is 0 Å². The van der Waals surface area contributed by atoms with Crippen molar-refractivity contribution >= 4 is 11.6 Å². The van der Waals surface area contributed by atoms with Crippen LogP contribution in [0.1, 0.15) is 24.9 Å². The summed E-state index contributed by atoms with van der Waals surface area (Å²) in [5, 5.41) is 0.158. The SMILES string of the molecule is CCN(CCCN(C)C)C(CN)c1cccc(Cl)c1F. The highest BCUT2D eigenvalue weighted by Gasteiger charge is 2.21. The topological polar surface area (TPSA) is 32.5 Å². The van der Waals surface area contributed by atoms with Gasteiger partial charge in [-0.25, -0.2) is 4.39 Å². The molecule has 3 nitrogen and oxygen atoms in total. The highest BCUT2D eigenvalue weighted by molar-refractivity contribution is 6.30. The zero-order chi connectivity index (χ0) is 15.1. The summed E-state index contributed by atoms with van der Waals surface area (Å²) in [6.07, 6.45) is 1.03. The summed E-state index contributed by atoms with van der Waals surface area (Å²) in [5.74, 6) is -0.351. The van der Waals surface area contributed by atoms with Gasteiger partial charge in [-0.3, -0.25) is 4.90 Å². The van der Waals surface area contributed by atoms with Crippen molar-refractivity contribution in [3.8, 4) is 0 Å². The van der Waals surface area contributed by atoms with Crippen LogP contribution in [-0.2, 0) is 0 Å². The van der Waals surface area contributed by atoms with Crippen molar-refractivity contribution in [2.24, 2.45) is 5.73 Å². The van der Waals surface area contributed by atoms with Gasteiger partial charge in [0.15, 0.2) is 0 Å². The fourth-order valence-corrected chi connectivity index (χ4v) is 2.56. The predicted molar refractivity (Wildman–Crippen MR) is 83.6 cm³/mol. The van der Waals surface area contributed by atoms with E-state index < -0.39 is 0 Å². The number of hydrogen-bond acceptors (Lipinski definition) is 3. The first-order valence-electron chi connectivity index (χ1n) is 7.04. The predicted octanol–water partition coefficient (Wildman–Crippen LogP) is 2.75. The molecule has 0 saturated carbocycles. The molecule has 0 aliphatic rings. The molecule has 1 aromatic rings. The van der Waals surface area contributed by atoms with Gasteiger partial charge in [0.1, 0.15) is 5.82 Å². The summed E-state index contributed by atoms with van der Waals surface area (Å²) in [7, 11) is 4.10. The van der Waals surface area contributed by atoms with Crippen molar-refractivity contribution in [1.29, 1.82) is 0 Å². The van der Waals surface area contributed by atoms with Crippen molar-refractivity contribution in [3.63, 3.8) is 0 Å². The van der Waals surface area contributed by atoms with E-state index in [2.05, 4.69) is 16.7 Å². The van der Waals surface area contributed by atoms with Crippen molar-refractivity contribution in [3.05, 3.63) is 34.6 Å². The van der Waals surface area contributed by atoms with E-state index in [1.165, 1.54) is 0 Å². The van der Waals surface area contributed by atoms with Crippen LogP contribution in [0.2, 0.25) is 5.02 Å². The Morgan fingerprint density at radius 2 is 2.00 bits per heavy atom. The molecule has 20 heavy (non-hydrogen) atoms. The number of nitrogens with two attached hydrogens (primary N) is 1. The number of benzene rings is 1. The van der Waals surface area contributed by atoms with Gasteiger partial charge >= 0.3 is 0 Å². The molecule has 114 valence electrons. The summed E-state index contributed by atoms with van der Waals surface area (Å²) in [6.45, 7) is 5.18. The standard InChI is InChI=1S/C15H25ClFN3/c1-4-20(10-6-9-19(2)3)14(11-18)12-7-5-8-13(16)15(12)17/h5,7-8,14H,4,6,9-11,18H2,1-3H3. The van der Waals surface area contributed by atoms with Crippen molar-refractivity contribution in [1.82, 2.24) is 9.80 Å². The molecule has 0 aliphatic heterocycles. The fourth-order valence-electron chi connectivity index (χ4n) is 2.37. The molecule has 0 fully saturated rings. The zero-order valence-corrected chi connectivity index (χ0v) is 13.3. The molecule has 1 atom stereocenters. The van der Waals surface area contributed by atoms with E-state index in [1.807, 2.05) is 14.1 Å². The van der Waals surface area contributed by atoms with E-state index in [0.29, 0.717) is 12.1 Å². The summed E-state index contributed by atoms with van der Waals surface area (Å²) in [5.41, 5.74) is 6.46. The lowest BCUT2D eigenvalue weighted by Gasteiger charge is -2.31. The van der Waals surface area contributed by atoms with Crippen LogP contribution in [0.5, 0.6) is 0 Å². The molecule has 1 aromatic carbocycles. The molecule has 0 spiro atoms. The maximum absolute atomic E-state index is 14.2. The van der Waals surface area contributed by atoms with Crippen LogP contribution < -0.4 is 5.73 Å². The number of halogens is 2. The van der Waals surface area contributed by atoms with Crippen molar-refractivity contribution in [2.75, 3.05) is 40.3 Å². The Morgan fingerprint density at radius 1 is 1.30 bits per heavy atom. The lowest BCUT2D eigenvalue weighted by Crippen LogP contribution is -2.36. The Labute approximate surface area is 126 Å². The smallest absolute Gasteiger partial charge is 0.146 e. The number of likely N-dealkylation sites (N-methyl/N-ethyl adjacent to an activating group) is 1. The zero-order valence-electron chi connectivity index (χ0n) is 12.6. The molecule has 0 amide bonds. The van der Waals surface area contributed by atoms with E-state index in [9.17, 15) is 4.39 Å². The molecule has 0 aromatic heterocycles. The summed E-state index contributed by atoms with van der Waals surface area (Å²) >= 11 is 5.87. The minimum atomic E-state index is -0.351. The van der Waals surface area contributed by atoms with Gasteiger partial charge in [0, 0.05) is 24.7 Å². The summed E-state index contributed by atoms with van der Waals surface area (Å²) in [6, 6.07) is 4.99. The molecular weight excluding hydrogens is 277 g/mol. The lowest BCUT2D eigenvalue weighted by molar-refractivity contribution is 0.198. The summed E-state index contributed by atoms with van der Waals surface area (Å²) < 4.78 is 14.2. The lowest BCUT2D eigenvalue weighted by atomic mass is 10.0. The third-order valence-corrected chi connectivity index (χ3v) is 3.75. The second-order valence-electron chi connectivity index (χ2n) is 5.18. The molecule has 0 heterocycles. The Kier molecular flexibility index (Phi) is 7.45. The normalized spacial score (nSPS) is 13.2. The van der Waals surface area contributed by atoms with E-state index in [-0.39, 0.29) is 16.9 Å². The van der Waals surface area contributed by atoms with Gasteiger partial charge in [-0.05, 0) is 39.7 Å². The quantitative estimate of drug-likeness (QED) is 0.801. The molecule has 0 aliphatic carbocycles. The van der Waals surface area contributed by atoms with Gasteiger partial charge in [0.2, 0.25) is 0 Å².